The van der Waals surface area contributed by atoms with Crippen LogP contribution in [-0.4, -0.2) is 0 Å². The molecule has 0 saturated heterocycles. The summed E-state index contributed by atoms with van der Waals surface area (Å²) in [7, 11) is 0. The Kier molecular flexibility index (Phi) is 2.38. The second-order valence-electron chi connectivity index (χ2n) is 3.92. The zero-order valence-corrected chi connectivity index (χ0v) is 10.6. The maximum absolute atomic E-state index is 13.3. The van der Waals surface area contributed by atoms with Gasteiger partial charge in [0.15, 0.2) is 0 Å². The van der Waals surface area contributed by atoms with Crippen LogP contribution in [0.25, 0.3) is 21.7 Å². The average molecular weight is 308 g/mol. The Morgan fingerprint density at radius 2 is 1.94 bits per heavy atom. The molecule has 0 fully saturated rings. The van der Waals surface area contributed by atoms with Gasteiger partial charge in [0.05, 0.1) is 9.86 Å². The number of hydrogen-bond donors (Lipinski definition) is 1. The maximum Gasteiger partial charge on any atom is 0.345 e. The number of nitrogen functional groups attached to an aromatic ring is 1. The smallest absolute Gasteiger partial charge is 0.345 e. The fourth-order valence-electron chi connectivity index (χ4n) is 1.97. The van der Waals surface area contributed by atoms with Crippen molar-refractivity contribution in [2.45, 2.75) is 0 Å². The predicted molar refractivity (Wildman–Crippen MR) is 72.1 cm³/mol. The minimum absolute atomic E-state index is 0.327. The number of anilines is 1. The summed E-state index contributed by atoms with van der Waals surface area (Å²) in [6.45, 7) is 0. The number of benzene rings is 2. The highest BCUT2D eigenvalue weighted by Crippen LogP contribution is 2.31. The third-order valence-corrected chi connectivity index (χ3v) is 3.66. The summed E-state index contributed by atoms with van der Waals surface area (Å²) in [6, 6.07) is 7.38. The highest BCUT2D eigenvalue weighted by atomic mass is 79.9. The van der Waals surface area contributed by atoms with Gasteiger partial charge in [-0.1, -0.05) is 6.07 Å². The topological polar surface area (TPSA) is 56.2 Å². The van der Waals surface area contributed by atoms with Crippen LogP contribution in [0.15, 0.2) is 44.0 Å². The summed E-state index contributed by atoms with van der Waals surface area (Å²) in [5, 5.41) is 1.49. The van der Waals surface area contributed by atoms with Gasteiger partial charge in [0.25, 0.3) is 0 Å². The summed E-state index contributed by atoms with van der Waals surface area (Å²) < 4.78 is 18.9. The van der Waals surface area contributed by atoms with E-state index in [0.717, 1.165) is 0 Å². The first-order valence-electron chi connectivity index (χ1n) is 5.18. The Hall–Kier alpha value is -1.88. The van der Waals surface area contributed by atoms with Crippen LogP contribution in [0.1, 0.15) is 0 Å². The first-order valence-corrected chi connectivity index (χ1v) is 5.97. The van der Waals surface area contributed by atoms with Crippen molar-refractivity contribution in [3.05, 3.63) is 51.0 Å². The number of hydrogen-bond acceptors (Lipinski definition) is 3. The van der Waals surface area contributed by atoms with Crippen LogP contribution in [0.2, 0.25) is 0 Å². The lowest BCUT2D eigenvalue weighted by molar-refractivity contribution is 0.566. The Labute approximate surface area is 109 Å². The monoisotopic (exact) mass is 307 g/mol. The van der Waals surface area contributed by atoms with Gasteiger partial charge in [-0.05, 0) is 40.2 Å². The van der Waals surface area contributed by atoms with E-state index < -0.39 is 5.63 Å². The summed E-state index contributed by atoms with van der Waals surface area (Å²) in [5.74, 6) is -0.384. The van der Waals surface area contributed by atoms with Gasteiger partial charge in [-0.15, -0.1) is 0 Å². The molecule has 3 aromatic rings. The molecule has 0 radical (unpaired) electrons. The van der Waals surface area contributed by atoms with Crippen molar-refractivity contribution in [3.8, 4) is 0 Å². The highest BCUT2D eigenvalue weighted by Gasteiger charge is 2.12. The zero-order chi connectivity index (χ0) is 12.9. The summed E-state index contributed by atoms with van der Waals surface area (Å²) >= 11 is 3.26. The molecule has 3 nitrogen and oxygen atoms in total. The molecule has 0 atom stereocenters. The third-order valence-electron chi connectivity index (χ3n) is 2.81. The van der Waals surface area contributed by atoms with Gasteiger partial charge in [0, 0.05) is 16.5 Å². The Morgan fingerprint density at radius 3 is 2.72 bits per heavy atom. The van der Waals surface area contributed by atoms with E-state index in [-0.39, 0.29) is 5.82 Å². The molecule has 0 unspecified atom stereocenters. The van der Waals surface area contributed by atoms with Crippen molar-refractivity contribution >= 4 is 43.4 Å². The number of fused-ring (bicyclic) bond motifs is 3. The van der Waals surface area contributed by atoms with Crippen LogP contribution in [0.5, 0.6) is 0 Å². The lowest BCUT2D eigenvalue weighted by atomic mass is 10.1. The molecule has 3 rings (SSSR count). The van der Waals surface area contributed by atoms with E-state index in [2.05, 4.69) is 15.9 Å². The lowest BCUT2D eigenvalue weighted by Crippen LogP contribution is -2.02. The van der Waals surface area contributed by atoms with Gasteiger partial charge < -0.3 is 10.2 Å². The van der Waals surface area contributed by atoms with Crippen LogP contribution in [0.4, 0.5) is 10.1 Å². The molecule has 0 saturated carbocycles. The first kappa shape index (κ1) is 11.2. The SMILES string of the molecule is Nc1ccc2c(c1Br)c(=O)oc1ccc(F)cc12. The van der Waals surface area contributed by atoms with E-state index in [1.54, 1.807) is 12.1 Å². The van der Waals surface area contributed by atoms with Gasteiger partial charge in [-0.2, -0.15) is 0 Å². The number of nitrogens with two attached hydrogens (primary N) is 1. The largest absolute Gasteiger partial charge is 0.422 e. The Morgan fingerprint density at radius 1 is 1.17 bits per heavy atom. The van der Waals surface area contributed by atoms with Gasteiger partial charge >= 0.3 is 5.63 Å². The minimum Gasteiger partial charge on any atom is -0.422 e. The van der Waals surface area contributed by atoms with Crippen LogP contribution in [-0.2, 0) is 0 Å². The van der Waals surface area contributed by atoms with E-state index in [1.807, 2.05) is 0 Å². The van der Waals surface area contributed by atoms with Gasteiger partial charge in [-0.25, -0.2) is 9.18 Å². The van der Waals surface area contributed by atoms with Crippen molar-refractivity contribution in [1.82, 2.24) is 0 Å². The molecule has 90 valence electrons. The maximum atomic E-state index is 13.3. The summed E-state index contributed by atoms with van der Waals surface area (Å²) in [5.41, 5.74) is 6.02. The molecule has 0 aliphatic heterocycles. The normalized spacial score (nSPS) is 11.2. The van der Waals surface area contributed by atoms with E-state index in [1.165, 1.54) is 18.2 Å². The molecule has 0 aliphatic rings. The second kappa shape index (κ2) is 3.81. The molecule has 2 aromatic carbocycles. The standard InChI is InChI=1S/C13H7BrFNO2/c14-12-9(16)3-2-7-8-5-6(15)1-4-10(8)18-13(17)11(7)12/h1-5H,16H2. The summed E-state index contributed by atoms with van der Waals surface area (Å²) in [4.78, 5) is 11.9. The fourth-order valence-corrected chi connectivity index (χ4v) is 2.48. The van der Waals surface area contributed by atoms with Crippen LogP contribution in [0, 0.1) is 5.82 Å². The molecule has 0 aliphatic carbocycles. The number of rotatable bonds is 0. The van der Waals surface area contributed by atoms with Crippen molar-refractivity contribution < 1.29 is 8.81 Å². The predicted octanol–water partition coefficient (Wildman–Crippen LogP) is 3.43. The van der Waals surface area contributed by atoms with E-state index in [9.17, 15) is 9.18 Å². The molecule has 5 heteroatoms. The van der Waals surface area contributed by atoms with Crippen molar-refractivity contribution in [2.24, 2.45) is 0 Å². The molecule has 2 N–H and O–H groups in total. The molecule has 0 spiro atoms. The third kappa shape index (κ3) is 1.51. The molecular formula is C13H7BrFNO2. The van der Waals surface area contributed by atoms with Crippen LogP contribution < -0.4 is 11.4 Å². The molecule has 18 heavy (non-hydrogen) atoms. The molecule has 0 bridgehead atoms. The van der Waals surface area contributed by atoms with Gasteiger partial charge in [0.2, 0.25) is 0 Å². The van der Waals surface area contributed by atoms with Crippen molar-refractivity contribution in [2.75, 3.05) is 5.73 Å². The van der Waals surface area contributed by atoms with Crippen LogP contribution >= 0.6 is 15.9 Å². The molecule has 1 aromatic heterocycles. The molecular weight excluding hydrogens is 301 g/mol. The quantitative estimate of drug-likeness (QED) is 0.393. The molecule has 0 amide bonds. The number of halogens is 2. The van der Waals surface area contributed by atoms with E-state index in [0.29, 0.717) is 31.9 Å². The second-order valence-corrected chi connectivity index (χ2v) is 4.71. The first-order chi connectivity index (χ1) is 8.58. The van der Waals surface area contributed by atoms with Crippen molar-refractivity contribution in [1.29, 1.82) is 0 Å². The van der Waals surface area contributed by atoms with E-state index >= 15 is 0 Å². The van der Waals surface area contributed by atoms with Crippen LogP contribution in [0.3, 0.4) is 0 Å². The highest BCUT2D eigenvalue weighted by molar-refractivity contribution is 9.10. The Balaban J connectivity index is 2.66. The van der Waals surface area contributed by atoms with E-state index in [4.69, 9.17) is 10.2 Å². The fraction of sp³-hybridized carbons (Fsp3) is 0. The van der Waals surface area contributed by atoms with Gasteiger partial charge in [0.1, 0.15) is 11.4 Å². The zero-order valence-electron chi connectivity index (χ0n) is 9.04. The van der Waals surface area contributed by atoms with Gasteiger partial charge in [-0.3, -0.25) is 0 Å². The molecule has 1 heterocycles. The summed E-state index contributed by atoms with van der Waals surface area (Å²) in [6.07, 6.45) is 0. The lowest BCUT2D eigenvalue weighted by Gasteiger charge is -2.06. The minimum atomic E-state index is -0.497. The van der Waals surface area contributed by atoms with Crippen molar-refractivity contribution in [3.63, 3.8) is 0 Å². The average Bonchev–Trinajstić information content (AvgIpc) is 2.34. The Bertz CT molecular complexity index is 842.